The van der Waals surface area contributed by atoms with Crippen LogP contribution in [0.1, 0.15) is 37.0 Å². The lowest BCUT2D eigenvalue weighted by atomic mass is 9.94. The van der Waals surface area contributed by atoms with Gasteiger partial charge in [-0.05, 0) is 37.8 Å². The molecule has 1 aliphatic heterocycles. The minimum Gasteiger partial charge on any atom is -0.372 e. The predicted octanol–water partition coefficient (Wildman–Crippen LogP) is 2.38. The maximum Gasteiger partial charge on any atom is 0.257 e. The number of carbonyl (C=O) groups excluding carboxylic acids is 1. The topological polar surface area (TPSA) is 45.2 Å². The van der Waals surface area contributed by atoms with E-state index in [-0.39, 0.29) is 5.91 Å². The number of pyridine rings is 1. The Labute approximate surface area is 108 Å². The van der Waals surface area contributed by atoms with Gasteiger partial charge in [0.15, 0.2) is 0 Å². The van der Waals surface area contributed by atoms with E-state index in [1.165, 1.54) is 6.42 Å². The minimum atomic E-state index is 0.0894. The first-order chi connectivity index (χ1) is 8.63. The van der Waals surface area contributed by atoms with E-state index in [0.717, 1.165) is 13.0 Å². The number of carbonyl (C=O) groups is 1. The van der Waals surface area contributed by atoms with Gasteiger partial charge in [0.25, 0.3) is 5.91 Å². The van der Waals surface area contributed by atoms with E-state index in [1.54, 1.807) is 13.2 Å². The van der Waals surface area contributed by atoms with E-state index in [1.807, 2.05) is 17.0 Å². The molecule has 0 saturated carbocycles. The number of likely N-dealkylation sites (tertiary alicyclic amines) is 1. The molecule has 1 aliphatic rings. The number of piperidine rings is 1. The second-order valence-electron chi connectivity index (χ2n) is 5.14. The van der Waals surface area contributed by atoms with Crippen LogP contribution < -0.4 is 5.32 Å². The van der Waals surface area contributed by atoms with E-state index in [9.17, 15) is 4.79 Å². The minimum absolute atomic E-state index is 0.0894. The number of hydrogen-bond donors (Lipinski definition) is 1. The molecule has 1 N–H and O–H groups in total. The van der Waals surface area contributed by atoms with Crippen LogP contribution in [0.25, 0.3) is 0 Å². The Balaban J connectivity index is 2.24. The first-order valence-corrected chi connectivity index (χ1v) is 6.57. The number of nitrogens with zero attached hydrogens (tertiary/aromatic N) is 2. The fraction of sp³-hybridized carbons (Fsp3) is 0.571. The summed E-state index contributed by atoms with van der Waals surface area (Å²) in [6, 6.07) is 3.97. The molecule has 2 heterocycles. The normalized spacial score (nSPS) is 23.8. The highest BCUT2D eigenvalue weighted by atomic mass is 16.2. The number of hydrogen-bond acceptors (Lipinski definition) is 3. The van der Waals surface area contributed by atoms with Gasteiger partial charge in [-0.2, -0.15) is 0 Å². The van der Waals surface area contributed by atoms with Crippen LogP contribution in [0, 0.1) is 5.92 Å². The van der Waals surface area contributed by atoms with E-state index in [4.69, 9.17) is 0 Å². The van der Waals surface area contributed by atoms with Crippen LogP contribution >= 0.6 is 0 Å². The van der Waals surface area contributed by atoms with E-state index in [0.29, 0.717) is 23.3 Å². The smallest absolute Gasteiger partial charge is 0.257 e. The number of amides is 1. The lowest BCUT2D eigenvalue weighted by Crippen LogP contribution is -2.45. The van der Waals surface area contributed by atoms with E-state index in [2.05, 4.69) is 24.1 Å². The standard InChI is InChI=1S/C14H21N3O/c1-10-6-7-11(2)17(9-10)14(18)12-5-4-8-16-13(12)15-3/h4-5,8,10-11H,6-7,9H2,1-3H3,(H,15,16). The van der Waals surface area contributed by atoms with Crippen molar-refractivity contribution in [1.82, 2.24) is 9.88 Å². The second-order valence-corrected chi connectivity index (χ2v) is 5.14. The molecule has 4 nitrogen and oxygen atoms in total. The van der Waals surface area contributed by atoms with E-state index < -0.39 is 0 Å². The van der Waals surface area contributed by atoms with Gasteiger partial charge in [0.2, 0.25) is 0 Å². The zero-order valence-electron chi connectivity index (χ0n) is 11.3. The fourth-order valence-electron chi connectivity index (χ4n) is 2.50. The number of rotatable bonds is 2. The summed E-state index contributed by atoms with van der Waals surface area (Å²) in [6.45, 7) is 5.17. The van der Waals surface area contributed by atoms with Gasteiger partial charge in [-0.15, -0.1) is 0 Å². The van der Waals surface area contributed by atoms with Gasteiger partial charge in [0, 0.05) is 25.8 Å². The molecule has 0 aliphatic carbocycles. The molecule has 0 radical (unpaired) electrons. The maximum atomic E-state index is 12.6. The molecule has 1 fully saturated rings. The Morgan fingerprint density at radius 1 is 1.44 bits per heavy atom. The first kappa shape index (κ1) is 12.9. The molecule has 1 aromatic heterocycles. The molecule has 2 unspecified atom stereocenters. The van der Waals surface area contributed by atoms with Crippen LogP contribution in [0.4, 0.5) is 5.82 Å². The third-order valence-electron chi connectivity index (χ3n) is 3.65. The van der Waals surface area contributed by atoms with Gasteiger partial charge in [-0.1, -0.05) is 6.92 Å². The lowest BCUT2D eigenvalue weighted by molar-refractivity contribution is 0.0574. The van der Waals surface area contributed by atoms with Crippen molar-refractivity contribution in [1.29, 1.82) is 0 Å². The quantitative estimate of drug-likeness (QED) is 0.872. The summed E-state index contributed by atoms with van der Waals surface area (Å²) < 4.78 is 0. The van der Waals surface area contributed by atoms with Gasteiger partial charge in [-0.25, -0.2) is 4.98 Å². The van der Waals surface area contributed by atoms with E-state index >= 15 is 0 Å². The Morgan fingerprint density at radius 2 is 2.22 bits per heavy atom. The molecule has 2 rings (SSSR count). The number of nitrogens with one attached hydrogen (secondary N) is 1. The van der Waals surface area contributed by atoms with Crippen LogP contribution in [0.3, 0.4) is 0 Å². The summed E-state index contributed by atoms with van der Waals surface area (Å²) in [7, 11) is 1.79. The number of anilines is 1. The molecule has 1 saturated heterocycles. The monoisotopic (exact) mass is 247 g/mol. The molecular formula is C14H21N3O. The molecule has 18 heavy (non-hydrogen) atoms. The fourth-order valence-corrected chi connectivity index (χ4v) is 2.50. The molecule has 1 amide bonds. The van der Waals surface area contributed by atoms with Crippen LogP contribution in [0.15, 0.2) is 18.3 Å². The second kappa shape index (κ2) is 5.38. The average molecular weight is 247 g/mol. The molecule has 0 aromatic carbocycles. The number of aromatic nitrogens is 1. The third-order valence-corrected chi connectivity index (χ3v) is 3.65. The zero-order valence-corrected chi connectivity index (χ0v) is 11.3. The van der Waals surface area contributed by atoms with Crippen LogP contribution in [-0.2, 0) is 0 Å². The summed E-state index contributed by atoms with van der Waals surface area (Å²) in [4.78, 5) is 18.8. The van der Waals surface area contributed by atoms with Gasteiger partial charge in [-0.3, -0.25) is 4.79 Å². The summed E-state index contributed by atoms with van der Waals surface area (Å²) in [6.07, 6.45) is 3.99. The van der Waals surface area contributed by atoms with Gasteiger partial charge < -0.3 is 10.2 Å². The summed E-state index contributed by atoms with van der Waals surface area (Å²) >= 11 is 0. The van der Waals surface area contributed by atoms with Crippen LogP contribution in [0.5, 0.6) is 0 Å². The van der Waals surface area contributed by atoms with Gasteiger partial charge in [0.1, 0.15) is 5.82 Å². The molecule has 0 bridgehead atoms. The molecular weight excluding hydrogens is 226 g/mol. The van der Waals surface area contributed by atoms with Gasteiger partial charge in [0.05, 0.1) is 5.56 Å². The highest BCUT2D eigenvalue weighted by molar-refractivity contribution is 5.98. The Kier molecular flexibility index (Phi) is 3.84. The van der Waals surface area contributed by atoms with Crippen molar-refractivity contribution in [2.75, 3.05) is 18.9 Å². The van der Waals surface area contributed by atoms with Crippen molar-refractivity contribution >= 4 is 11.7 Å². The van der Waals surface area contributed by atoms with Crippen LogP contribution in [-0.4, -0.2) is 35.4 Å². The first-order valence-electron chi connectivity index (χ1n) is 6.57. The lowest BCUT2D eigenvalue weighted by Gasteiger charge is -2.37. The van der Waals surface area contributed by atoms with Crippen molar-refractivity contribution in [2.24, 2.45) is 5.92 Å². The molecule has 1 aromatic rings. The van der Waals surface area contributed by atoms with Crippen molar-refractivity contribution in [2.45, 2.75) is 32.7 Å². The largest absolute Gasteiger partial charge is 0.372 e. The molecule has 0 spiro atoms. The third kappa shape index (κ3) is 2.47. The van der Waals surface area contributed by atoms with Crippen molar-refractivity contribution < 1.29 is 4.79 Å². The molecule has 4 heteroatoms. The van der Waals surface area contributed by atoms with Crippen LogP contribution in [0.2, 0.25) is 0 Å². The average Bonchev–Trinajstić information content (AvgIpc) is 2.40. The predicted molar refractivity (Wildman–Crippen MR) is 72.7 cm³/mol. The van der Waals surface area contributed by atoms with Crippen molar-refractivity contribution in [3.05, 3.63) is 23.9 Å². The highest BCUT2D eigenvalue weighted by Gasteiger charge is 2.28. The van der Waals surface area contributed by atoms with Crippen molar-refractivity contribution in [3.63, 3.8) is 0 Å². The Morgan fingerprint density at radius 3 is 2.94 bits per heavy atom. The molecule has 98 valence electrons. The Bertz CT molecular complexity index is 433. The summed E-state index contributed by atoms with van der Waals surface area (Å²) in [5.74, 6) is 1.33. The Hall–Kier alpha value is -1.58. The summed E-state index contributed by atoms with van der Waals surface area (Å²) in [5, 5.41) is 2.98. The zero-order chi connectivity index (χ0) is 13.1. The SMILES string of the molecule is CNc1ncccc1C(=O)N1CC(C)CCC1C. The van der Waals surface area contributed by atoms with Crippen molar-refractivity contribution in [3.8, 4) is 0 Å². The maximum absolute atomic E-state index is 12.6. The summed E-state index contributed by atoms with van der Waals surface area (Å²) in [5.41, 5.74) is 0.668. The highest BCUT2D eigenvalue weighted by Crippen LogP contribution is 2.24. The molecule has 2 atom stereocenters. The van der Waals surface area contributed by atoms with Gasteiger partial charge >= 0.3 is 0 Å².